The van der Waals surface area contributed by atoms with E-state index in [1.807, 2.05) is 28.9 Å². The van der Waals surface area contributed by atoms with Crippen molar-refractivity contribution in [2.24, 2.45) is 5.92 Å². The zero-order chi connectivity index (χ0) is 26.6. The smallest absolute Gasteiger partial charge is 0.306 e. The Morgan fingerprint density at radius 1 is 1.08 bits per heavy atom. The van der Waals surface area contributed by atoms with Crippen LogP contribution in [0.4, 0.5) is 0 Å². The average molecular weight is 514 g/mol. The number of rotatable bonds is 9. The lowest BCUT2D eigenvalue weighted by Gasteiger charge is -2.30. The summed E-state index contributed by atoms with van der Waals surface area (Å²) < 4.78 is 7.63. The highest BCUT2D eigenvalue weighted by Crippen LogP contribution is 2.27. The first-order valence-corrected chi connectivity index (χ1v) is 13.4. The van der Waals surface area contributed by atoms with Crippen molar-refractivity contribution in [2.75, 3.05) is 19.6 Å². The SMILES string of the molecule is CCn1nc(-c2nc(-c3cc(C)c(CCN4CCC(C(=O)O)CC4)c(C)c3)no2)cc1Cc1ccccc1. The summed E-state index contributed by atoms with van der Waals surface area (Å²) in [6.45, 7) is 9.73. The molecule has 1 aliphatic heterocycles. The molecule has 0 atom stereocenters. The van der Waals surface area contributed by atoms with Crippen molar-refractivity contribution in [2.45, 2.75) is 53.0 Å². The van der Waals surface area contributed by atoms with Gasteiger partial charge in [0.2, 0.25) is 5.82 Å². The zero-order valence-corrected chi connectivity index (χ0v) is 22.4. The molecular weight excluding hydrogens is 478 g/mol. The fraction of sp³-hybridized carbons (Fsp3) is 0.400. The van der Waals surface area contributed by atoms with E-state index in [-0.39, 0.29) is 5.92 Å². The minimum Gasteiger partial charge on any atom is -0.481 e. The van der Waals surface area contributed by atoms with E-state index in [9.17, 15) is 9.90 Å². The van der Waals surface area contributed by atoms with Crippen LogP contribution in [0.1, 0.15) is 47.7 Å². The molecule has 1 saturated heterocycles. The number of aryl methyl sites for hydroxylation is 3. The monoisotopic (exact) mass is 513 g/mol. The van der Waals surface area contributed by atoms with Crippen LogP contribution in [0.25, 0.3) is 23.0 Å². The van der Waals surface area contributed by atoms with Crippen molar-refractivity contribution >= 4 is 5.97 Å². The Balaban J connectivity index is 1.28. The molecule has 1 aliphatic rings. The highest BCUT2D eigenvalue weighted by atomic mass is 16.5. The van der Waals surface area contributed by atoms with Gasteiger partial charge < -0.3 is 14.5 Å². The normalized spacial score (nSPS) is 14.7. The van der Waals surface area contributed by atoms with E-state index in [2.05, 4.69) is 60.1 Å². The second-order valence-corrected chi connectivity index (χ2v) is 10.2. The molecular formula is C30H35N5O3. The number of aromatic nitrogens is 4. The molecule has 1 N–H and O–H groups in total. The highest BCUT2D eigenvalue weighted by Gasteiger charge is 2.24. The fourth-order valence-corrected chi connectivity index (χ4v) is 5.42. The number of carboxylic acids is 1. The third kappa shape index (κ3) is 5.70. The average Bonchev–Trinajstić information content (AvgIpc) is 3.56. The fourth-order valence-electron chi connectivity index (χ4n) is 5.42. The number of benzene rings is 2. The van der Waals surface area contributed by atoms with Gasteiger partial charge in [0.1, 0.15) is 0 Å². The van der Waals surface area contributed by atoms with Crippen molar-refractivity contribution in [1.82, 2.24) is 24.8 Å². The summed E-state index contributed by atoms with van der Waals surface area (Å²) in [7, 11) is 0. The van der Waals surface area contributed by atoms with Gasteiger partial charge in [0.05, 0.1) is 5.92 Å². The predicted molar refractivity (Wildman–Crippen MR) is 146 cm³/mol. The Labute approximate surface area is 223 Å². The molecule has 38 heavy (non-hydrogen) atoms. The number of hydrogen-bond donors (Lipinski definition) is 1. The van der Waals surface area contributed by atoms with Crippen molar-refractivity contribution in [3.8, 4) is 23.0 Å². The molecule has 0 bridgehead atoms. The molecule has 8 nitrogen and oxygen atoms in total. The van der Waals surface area contributed by atoms with Crippen LogP contribution >= 0.6 is 0 Å². The lowest BCUT2D eigenvalue weighted by molar-refractivity contribution is -0.143. The van der Waals surface area contributed by atoms with E-state index < -0.39 is 5.97 Å². The van der Waals surface area contributed by atoms with Gasteiger partial charge in [-0.1, -0.05) is 35.5 Å². The Morgan fingerprint density at radius 2 is 1.79 bits per heavy atom. The standard InChI is InChI=1S/C30H35N5O3/c1-4-35-25(18-22-8-6-5-7-9-22)19-27(32-35)29-31-28(33-38-29)24-16-20(2)26(21(3)17-24)12-15-34-13-10-23(11-14-34)30(36)37/h5-9,16-17,19,23H,4,10-15,18H2,1-3H3,(H,36,37). The summed E-state index contributed by atoms with van der Waals surface area (Å²) >= 11 is 0. The molecule has 198 valence electrons. The third-order valence-electron chi connectivity index (χ3n) is 7.61. The number of piperidine rings is 1. The van der Waals surface area contributed by atoms with E-state index in [1.165, 1.54) is 22.3 Å². The van der Waals surface area contributed by atoms with Crippen LogP contribution in [-0.2, 0) is 24.2 Å². The number of likely N-dealkylation sites (tertiary alicyclic amines) is 1. The van der Waals surface area contributed by atoms with Crippen LogP contribution in [-0.4, -0.2) is 55.5 Å². The van der Waals surface area contributed by atoms with Crippen molar-refractivity contribution < 1.29 is 14.4 Å². The van der Waals surface area contributed by atoms with Gasteiger partial charge in [-0.2, -0.15) is 10.1 Å². The molecule has 0 spiro atoms. The van der Waals surface area contributed by atoms with E-state index in [4.69, 9.17) is 9.62 Å². The summed E-state index contributed by atoms with van der Waals surface area (Å²) in [6.07, 6.45) is 3.19. The minimum absolute atomic E-state index is 0.194. The molecule has 5 rings (SSSR count). The Kier molecular flexibility index (Phi) is 7.69. The maximum atomic E-state index is 11.2. The topological polar surface area (TPSA) is 97.3 Å². The molecule has 0 saturated carbocycles. The van der Waals surface area contributed by atoms with E-state index in [1.54, 1.807) is 0 Å². The lowest BCUT2D eigenvalue weighted by atomic mass is 9.94. The number of carboxylic acid groups (broad SMARTS) is 1. The van der Waals surface area contributed by atoms with Crippen LogP contribution < -0.4 is 0 Å². The van der Waals surface area contributed by atoms with Crippen LogP contribution in [0.2, 0.25) is 0 Å². The molecule has 1 fully saturated rings. The number of hydrogen-bond acceptors (Lipinski definition) is 6. The van der Waals surface area contributed by atoms with Crippen molar-refractivity contribution in [1.29, 1.82) is 0 Å². The molecule has 8 heteroatoms. The summed E-state index contributed by atoms with van der Waals surface area (Å²) in [6, 6.07) is 16.6. The number of aliphatic carboxylic acids is 1. The van der Waals surface area contributed by atoms with Gasteiger partial charge in [-0.3, -0.25) is 9.48 Å². The van der Waals surface area contributed by atoms with Gasteiger partial charge in [0, 0.05) is 30.8 Å². The first kappa shape index (κ1) is 25.9. The largest absolute Gasteiger partial charge is 0.481 e. The predicted octanol–water partition coefficient (Wildman–Crippen LogP) is 5.17. The molecule has 2 aromatic heterocycles. The van der Waals surface area contributed by atoms with Gasteiger partial charge >= 0.3 is 5.97 Å². The number of nitrogens with zero attached hydrogens (tertiary/aromatic N) is 5. The summed E-state index contributed by atoms with van der Waals surface area (Å²) in [5, 5.41) is 18.2. The molecule has 0 amide bonds. The van der Waals surface area contributed by atoms with Gasteiger partial charge in [-0.25, -0.2) is 0 Å². The zero-order valence-electron chi connectivity index (χ0n) is 22.4. The minimum atomic E-state index is -0.664. The maximum Gasteiger partial charge on any atom is 0.306 e. The van der Waals surface area contributed by atoms with E-state index >= 15 is 0 Å². The first-order valence-electron chi connectivity index (χ1n) is 13.4. The van der Waals surface area contributed by atoms with E-state index in [0.717, 1.165) is 63.1 Å². The lowest BCUT2D eigenvalue weighted by Crippen LogP contribution is -2.37. The second-order valence-electron chi connectivity index (χ2n) is 10.2. The molecule has 2 aromatic carbocycles. The van der Waals surface area contributed by atoms with Crippen molar-refractivity contribution in [3.63, 3.8) is 0 Å². The Morgan fingerprint density at radius 3 is 2.45 bits per heavy atom. The molecule has 0 unspecified atom stereocenters. The van der Waals surface area contributed by atoms with Crippen molar-refractivity contribution in [3.05, 3.63) is 76.5 Å². The summed E-state index contributed by atoms with van der Waals surface area (Å²) in [5.41, 5.74) is 7.69. The van der Waals surface area contributed by atoms with Crippen LogP contribution in [0.15, 0.2) is 53.1 Å². The first-order chi connectivity index (χ1) is 18.4. The molecule has 0 aliphatic carbocycles. The van der Waals surface area contributed by atoms with Gasteiger partial charge in [0.25, 0.3) is 5.89 Å². The van der Waals surface area contributed by atoms with E-state index in [0.29, 0.717) is 17.4 Å². The van der Waals surface area contributed by atoms with Crippen LogP contribution in [0, 0.1) is 19.8 Å². The summed E-state index contributed by atoms with van der Waals surface area (Å²) in [4.78, 5) is 18.3. The van der Waals surface area contributed by atoms with Crippen LogP contribution in [0.3, 0.4) is 0 Å². The highest BCUT2D eigenvalue weighted by molar-refractivity contribution is 5.70. The summed E-state index contributed by atoms with van der Waals surface area (Å²) in [5.74, 6) is 0.123. The molecule has 4 aromatic rings. The Bertz CT molecular complexity index is 1380. The molecule has 0 radical (unpaired) electrons. The van der Waals surface area contributed by atoms with Crippen LogP contribution in [0.5, 0.6) is 0 Å². The second kappa shape index (κ2) is 11.3. The maximum absolute atomic E-state index is 11.2. The van der Waals surface area contributed by atoms with Gasteiger partial charge in [-0.15, -0.1) is 0 Å². The number of carbonyl (C=O) groups is 1. The molecule has 3 heterocycles. The Hall–Kier alpha value is -3.78. The van der Waals surface area contributed by atoms with Gasteiger partial charge in [-0.05, 0) is 93.6 Å². The third-order valence-corrected chi connectivity index (χ3v) is 7.61. The van der Waals surface area contributed by atoms with Gasteiger partial charge in [0.15, 0.2) is 5.69 Å². The quantitative estimate of drug-likeness (QED) is 0.330.